The molecule has 3 aliphatic rings. The van der Waals surface area contributed by atoms with Gasteiger partial charge in [-0.3, -0.25) is 0 Å². The minimum atomic E-state index is -1.34. The topological polar surface area (TPSA) is 0 Å². The van der Waals surface area contributed by atoms with E-state index in [0.29, 0.717) is 11.5 Å². The number of benzene rings is 1. The fraction of sp³-hybridized carbons (Fsp3) is 0.704. The Morgan fingerprint density at radius 3 is 2.00 bits per heavy atom. The highest BCUT2D eigenvalue weighted by molar-refractivity contribution is 5.24. The predicted octanol–water partition coefficient (Wildman–Crippen LogP) is 8.57. The zero-order valence-corrected chi connectivity index (χ0v) is 18.4. The molecular weight excluding hydrogens is 381 g/mol. The summed E-state index contributed by atoms with van der Waals surface area (Å²) in [5.74, 6) is 0.942. The molecule has 30 heavy (non-hydrogen) atoms. The van der Waals surface area contributed by atoms with Crippen LogP contribution in [0.15, 0.2) is 24.3 Å². The number of allylic oxidation sites excluding steroid dienone is 2. The lowest BCUT2D eigenvalue weighted by atomic mass is 9.60. The molecule has 4 atom stereocenters. The molecule has 3 aliphatic carbocycles. The Balaban J connectivity index is 1.28. The van der Waals surface area contributed by atoms with Gasteiger partial charge in [0.15, 0.2) is 17.5 Å². The van der Waals surface area contributed by atoms with Crippen molar-refractivity contribution in [1.29, 1.82) is 0 Å². The van der Waals surface area contributed by atoms with E-state index in [-0.39, 0.29) is 5.92 Å². The van der Waals surface area contributed by atoms with Crippen molar-refractivity contribution in [3.8, 4) is 0 Å². The smallest absolute Gasteiger partial charge is 0.194 e. The molecule has 4 rings (SSSR count). The van der Waals surface area contributed by atoms with Gasteiger partial charge in [0, 0.05) is 0 Å². The van der Waals surface area contributed by atoms with Gasteiger partial charge in [-0.2, -0.15) is 0 Å². The van der Waals surface area contributed by atoms with E-state index in [9.17, 15) is 13.2 Å². The van der Waals surface area contributed by atoms with Gasteiger partial charge in [-0.25, -0.2) is 13.2 Å². The lowest BCUT2D eigenvalue weighted by Gasteiger charge is -2.45. The van der Waals surface area contributed by atoms with Crippen LogP contribution in [0.5, 0.6) is 0 Å². The summed E-state index contributed by atoms with van der Waals surface area (Å²) in [5.41, 5.74) is 0.656. The molecule has 0 N–H and O–H groups in total. The summed E-state index contributed by atoms with van der Waals surface area (Å²) in [4.78, 5) is 0. The Kier molecular flexibility index (Phi) is 7.26. The molecule has 0 nitrogen and oxygen atoms in total. The van der Waals surface area contributed by atoms with Gasteiger partial charge in [0.2, 0.25) is 0 Å². The maximum atomic E-state index is 13.7. The zero-order chi connectivity index (χ0) is 21.1. The van der Waals surface area contributed by atoms with E-state index >= 15 is 0 Å². The minimum absolute atomic E-state index is 0.181. The van der Waals surface area contributed by atoms with E-state index in [1.807, 2.05) is 0 Å². The van der Waals surface area contributed by atoms with Crippen molar-refractivity contribution in [2.45, 2.75) is 89.9 Å². The molecule has 0 amide bonds. The van der Waals surface area contributed by atoms with Crippen LogP contribution in [0.25, 0.3) is 0 Å². The van der Waals surface area contributed by atoms with Crippen LogP contribution in [-0.2, 0) is 0 Å². The van der Waals surface area contributed by atoms with E-state index < -0.39 is 17.5 Å². The first kappa shape index (κ1) is 22.0. The fourth-order valence-corrected chi connectivity index (χ4v) is 6.91. The van der Waals surface area contributed by atoms with E-state index in [4.69, 9.17) is 0 Å². The monoisotopic (exact) mass is 418 g/mol. The molecule has 1 aromatic carbocycles. The zero-order valence-electron chi connectivity index (χ0n) is 18.4. The van der Waals surface area contributed by atoms with Gasteiger partial charge in [0.25, 0.3) is 0 Å². The van der Waals surface area contributed by atoms with Crippen molar-refractivity contribution in [1.82, 2.24) is 0 Å². The second-order valence-corrected chi connectivity index (χ2v) is 10.3. The van der Waals surface area contributed by atoms with Crippen LogP contribution in [0.2, 0.25) is 0 Å². The van der Waals surface area contributed by atoms with Gasteiger partial charge in [-0.05, 0) is 124 Å². The predicted molar refractivity (Wildman–Crippen MR) is 117 cm³/mol. The van der Waals surface area contributed by atoms with Gasteiger partial charge in [0.1, 0.15) is 0 Å². The SMILES string of the molecule is C/C=C/CCC1CCC(C2CCC3CC(c4cc(F)c(F)c(F)c4)CCC3C2)CC1. The van der Waals surface area contributed by atoms with Gasteiger partial charge in [-0.15, -0.1) is 0 Å². The summed E-state index contributed by atoms with van der Waals surface area (Å²) in [5, 5.41) is 0. The first-order valence-electron chi connectivity index (χ1n) is 12.3. The van der Waals surface area contributed by atoms with Crippen molar-refractivity contribution in [3.63, 3.8) is 0 Å². The third-order valence-corrected chi connectivity index (χ3v) is 8.67. The summed E-state index contributed by atoms with van der Waals surface area (Å²) >= 11 is 0. The van der Waals surface area contributed by atoms with Crippen LogP contribution in [-0.4, -0.2) is 0 Å². The lowest BCUT2D eigenvalue weighted by Crippen LogP contribution is -2.34. The molecule has 4 unspecified atom stereocenters. The Morgan fingerprint density at radius 1 is 0.767 bits per heavy atom. The average molecular weight is 419 g/mol. The minimum Gasteiger partial charge on any atom is -0.204 e. The van der Waals surface area contributed by atoms with Crippen LogP contribution in [0.1, 0.15) is 95.5 Å². The summed E-state index contributed by atoms with van der Waals surface area (Å²) in [7, 11) is 0. The van der Waals surface area contributed by atoms with Crippen LogP contribution < -0.4 is 0 Å². The van der Waals surface area contributed by atoms with Crippen molar-refractivity contribution in [2.24, 2.45) is 29.6 Å². The quantitative estimate of drug-likeness (QED) is 0.332. The molecule has 3 fully saturated rings. The first-order valence-corrected chi connectivity index (χ1v) is 12.3. The van der Waals surface area contributed by atoms with Gasteiger partial charge in [-0.1, -0.05) is 25.0 Å². The van der Waals surface area contributed by atoms with Gasteiger partial charge in [0.05, 0.1) is 0 Å². The Hall–Kier alpha value is -1.25. The Labute approximate surface area is 180 Å². The number of fused-ring (bicyclic) bond motifs is 1. The third-order valence-electron chi connectivity index (χ3n) is 8.67. The lowest BCUT2D eigenvalue weighted by molar-refractivity contribution is 0.0712. The summed E-state index contributed by atoms with van der Waals surface area (Å²) < 4.78 is 40.7. The van der Waals surface area contributed by atoms with E-state index in [0.717, 1.165) is 42.9 Å². The molecule has 0 bridgehead atoms. The van der Waals surface area contributed by atoms with E-state index in [2.05, 4.69) is 19.1 Å². The normalized spacial score (nSPS) is 34.8. The average Bonchev–Trinajstić information content (AvgIpc) is 2.77. The molecule has 3 heteroatoms. The molecular formula is C27H37F3. The highest BCUT2D eigenvalue weighted by Crippen LogP contribution is 2.51. The third kappa shape index (κ3) is 4.97. The maximum Gasteiger partial charge on any atom is 0.194 e. The summed E-state index contributed by atoms with van der Waals surface area (Å²) in [6, 6.07) is 2.45. The second-order valence-electron chi connectivity index (χ2n) is 10.3. The van der Waals surface area contributed by atoms with E-state index in [1.54, 1.807) is 0 Å². The molecule has 0 spiro atoms. The first-order chi connectivity index (χ1) is 14.5. The number of halogens is 3. The molecule has 0 aliphatic heterocycles. The van der Waals surface area contributed by atoms with Crippen molar-refractivity contribution >= 4 is 0 Å². The molecule has 0 aromatic heterocycles. The van der Waals surface area contributed by atoms with Crippen LogP contribution in [0, 0.1) is 47.0 Å². The highest BCUT2D eigenvalue weighted by Gasteiger charge is 2.39. The van der Waals surface area contributed by atoms with Crippen molar-refractivity contribution < 1.29 is 13.2 Å². The van der Waals surface area contributed by atoms with Crippen molar-refractivity contribution in [3.05, 3.63) is 47.3 Å². The number of hydrogen-bond acceptors (Lipinski definition) is 0. The molecule has 1 aromatic rings. The van der Waals surface area contributed by atoms with Crippen LogP contribution >= 0.6 is 0 Å². The molecule has 0 radical (unpaired) electrons. The van der Waals surface area contributed by atoms with Crippen molar-refractivity contribution in [2.75, 3.05) is 0 Å². The standard InChI is InChI=1S/C27H37F3/c1-2-3-4-5-18-6-8-19(9-7-18)20-10-11-22-15-23(13-12-21(22)14-20)24-16-25(28)27(30)26(29)17-24/h2-3,16-23H,4-15H2,1H3/b3-2+. The van der Waals surface area contributed by atoms with Gasteiger partial charge >= 0.3 is 0 Å². The summed E-state index contributed by atoms with van der Waals surface area (Å²) in [6.07, 6.45) is 19.8. The molecule has 0 saturated heterocycles. The highest BCUT2D eigenvalue weighted by atomic mass is 19.2. The number of rotatable bonds is 5. The van der Waals surface area contributed by atoms with Gasteiger partial charge < -0.3 is 0 Å². The number of hydrogen-bond donors (Lipinski definition) is 0. The fourth-order valence-electron chi connectivity index (χ4n) is 6.91. The second kappa shape index (κ2) is 9.92. The van der Waals surface area contributed by atoms with E-state index in [1.165, 1.54) is 69.9 Å². The maximum absolute atomic E-state index is 13.7. The Bertz CT molecular complexity index is 709. The Morgan fingerprint density at radius 2 is 1.33 bits per heavy atom. The van der Waals surface area contributed by atoms with Crippen LogP contribution in [0.4, 0.5) is 13.2 Å². The molecule has 0 heterocycles. The molecule has 3 saturated carbocycles. The van der Waals surface area contributed by atoms with Crippen LogP contribution in [0.3, 0.4) is 0 Å². The summed E-state index contributed by atoms with van der Waals surface area (Å²) in [6.45, 7) is 2.11. The largest absolute Gasteiger partial charge is 0.204 e. The molecule has 166 valence electrons.